The molecule has 1 unspecified atom stereocenters. The van der Waals surface area contributed by atoms with E-state index < -0.39 is 0 Å². The van der Waals surface area contributed by atoms with Crippen molar-refractivity contribution in [2.24, 2.45) is 11.8 Å². The Kier molecular flexibility index (Phi) is 7.34. The Hall–Kier alpha value is -1.22. The predicted molar refractivity (Wildman–Crippen MR) is 77.8 cm³/mol. The second-order valence-electron chi connectivity index (χ2n) is 5.20. The van der Waals surface area contributed by atoms with Gasteiger partial charge >= 0.3 is 0 Å². The molecule has 3 heteroatoms. The molecule has 0 aliphatic rings. The van der Waals surface area contributed by atoms with Gasteiger partial charge in [0.25, 0.3) is 0 Å². The van der Waals surface area contributed by atoms with Gasteiger partial charge in [0.1, 0.15) is 0 Å². The Labute approximate surface area is 116 Å². The molecule has 108 valence electrons. The lowest BCUT2D eigenvalue weighted by molar-refractivity contribution is 0.171. The zero-order valence-corrected chi connectivity index (χ0v) is 12.3. The maximum absolute atomic E-state index is 9.33. The van der Waals surface area contributed by atoms with Crippen molar-refractivity contribution in [3.8, 4) is 11.5 Å². The Morgan fingerprint density at radius 2 is 1.74 bits per heavy atom. The first kappa shape index (κ1) is 15.8. The van der Waals surface area contributed by atoms with Gasteiger partial charge < -0.3 is 14.6 Å². The van der Waals surface area contributed by atoms with Crippen molar-refractivity contribution in [2.75, 3.05) is 19.8 Å². The maximum atomic E-state index is 9.33. The van der Waals surface area contributed by atoms with Crippen LogP contribution in [0.5, 0.6) is 11.5 Å². The fraction of sp³-hybridized carbons (Fsp3) is 0.625. The molecule has 0 saturated heterocycles. The third kappa shape index (κ3) is 5.97. The number of aliphatic hydroxyl groups is 1. The lowest BCUT2D eigenvalue weighted by atomic mass is 9.95. The summed E-state index contributed by atoms with van der Waals surface area (Å²) in [5, 5.41) is 9.33. The molecule has 3 nitrogen and oxygen atoms in total. The van der Waals surface area contributed by atoms with E-state index in [1.807, 2.05) is 31.2 Å². The summed E-state index contributed by atoms with van der Waals surface area (Å²) in [6.45, 7) is 7.78. The highest BCUT2D eigenvalue weighted by Crippen LogP contribution is 2.27. The van der Waals surface area contributed by atoms with Crippen LogP contribution in [0.1, 0.15) is 33.6 Å². The lowest BCUT2D eigenvalue weighted by Gasteiger charge is -2.17. The molecular formula is C16H26O3. The number of aliphatic hydroxyl groups excluding tert-OH is 1. The van der Waals surface area contributed by atoms with E-state index >= 15 is 0 Å². The molecule has 0 fully saturated rings. The van der Waals surface area contributed by atoms with E-state index in [1.165, 1.54) is 0 Å². The molecule has 0 saturated carbocycles. The molecule has 0 bridgehead atoms. The maximum Gasteiger partial charge on any atom is 0.161 e. The van der Waals surface area contributed by atoms with E-state index in [2.05, 4.69) is 13.8 Å². The zero-order valence-electron chi connectivity index (χ0n) is 12.3. The molecule has 1 atom stereocenters. The van der Waals surface area contributed by atoms with Gasteiger partial charge in [-0.25, -0.2) is 0 Å². The Bertz CT molecular complexity index is 350. The molecule has 1 N–H and O–H groups in total. The Morgan fingerprint density at radius 1 is 1.11 bits per heavy atom. The molecule has 0 radical (unpaired) electrons. The summed E-state index contributed by atoms with van der Waals surface area (Å²) in [4.78, 5) is 0. The number of hydrogen-bond donors (Lipinski definition) is 1. The average molecular weight is 266 g/mol. The Balaban J connectivity index is 2.43. The van der Waals surface area contributed by atoms with Gasteiger partial charge in [-0.2, -0.15) is 0 Å². The van der Waals surface area contributed by atoms with E-state index in [9.17, 15) is 5.11 Å². The Morgan fingerprint density at radius 3 is 2.26 bits per heavy atom. The molecule has 19 heavy (non-hydrogen) atoms. The molecule has 1 aromatic carbocycles. The summed E-state index contributed by atoms with van der Waals surface area (Å²) in [5.74, 6) is 2.49. The number of benzene rings is 1. The predicted octanol–water partition coefficient (Wildman–Crippen LogP) is 3.51. The van der Waals surface area contributed by atoms with Crippen molar-refractivity contribution in [3.05, 3.63) is 24.3 Å². The molecule has 0 amide bonds. The summed E-state index contributed by atoms with van der Waals surface area (Å²) in [6, 6.07) is 7.71. The van der Waals surface area contributed by atoms with Crippen molar-refractivity contribution in [1.82, 2.24) is 0 Å². The lowest BCUT2D eigenvalue weighted by Crippen LogP contribution is -2.13. The molecule has 0 aliphatic heterocycles. The van der Waals surface area contributed by atoms with Gasteiger partial charge in [0.15, 0.2) is 11.5 Å². The first-order valence-electron chi connectivity index (χ1n) is 7.12. The molecular weight excluding hydrogens is 240 g/mol. The summed E-state index contributed by atoms with van der Waals surface area (Å²) >= 11 is 0. The SMILES string of the molecule is CCOc1ccccc1OCCC(CO)CC(C)C. The highest BCUT2D eigenvalue weighted by Gasteiger charge is 2.11. The van der Waals surface area contributed by atoms with E-state index in [0.717, 1.165) is 24.3 Å². The average Bonchev–Trinajstić information content (AvgIpc) is 2.39. The second-order valence-corrected chi connectivity index (χ2v) is 5.20. The molecule has 1 rings (SSSR count). The van der Waals surface area contributed by atoms with E-state index in [-0.39, 0.29) is 6.61 Å². The van der Waals surface area contributed by atoms with Gasteiger partial charge in [-0.05, 0) is 43.7 Å². The van der Waals surface area contributed by atoms with Gasteiger partial charge in [0.05, 0.1) is 13.2 Å². The number of ether oxygens (including phenoxy) is 2. The molecule has 0 spiro atoms. The van der Waals surface area contributed by atoms with Gasteiger partial charge in [0, 0.05) is 6.61 Å². The summed E-state index contributed by atoms with van der Waals surface area (Å²) < 4.78 is 11.3. The monoisotopic (exact) mass is 266 g/mol. The topological polar surface area (TPSA) is 38.7 Å². The van der Waals surface area contributed by atoms with Crippen LogP contribution in [0.4, 0.5) is 0 Å². The minimum absolute atomic E-state index is 0.231. The first-order valence-corrected chi connectivity index (χ1v) is 7.12. The number of rotatable bonds is 9. The van der Waals surface area contributed by atoms with Crippen molar-refractivity contribution in [1.29, 1.82) is 0 Å². The number of hydrogen-bond acceptors (Lipinski definition) is 3. The molecule has 0 aromatic heterocycles. The third-order valence-corrected chi connectivity index (χ3v) is 3.00. The smallest absolute Gasteiger partial charge is 0.161 e. The van der Waals surface area contributed by atoms with Crippen LogP contribution >= 0.6 is 0 Å². The van der Waals surface area contributed by atoms with Gasteiger partial charge in [0.2, 0.25) is 0 Å². The normalized spacial score (nSPS) is 12.5. The number of para-hydroxylation sites is 2. The standard InChI is InChI=1S/C16H26O3/c1-4-18-15-7-5-6-8-16(15)19-10-9-14(12-17)11-13(2)3/h5-8,13-14,17H,4,9-12H2,1-3H3. The minimum Gasteiger partial charge on any atom is -0.490 e. The van der Waals surface area contributed by atoms with Crippen molar-refractivity contribution >= 4 is 0 Å². The van der Waals surface area contributed by atoms with Crippen LogP contribution in [0.15, 0.2) is 24.3 Å². The van der Waals surface area contributed by atoms with Crippen LogP contribution in [0, 0.1) is 11.8 Å². The molecule has 0 heterocycles. The van der Waals surface area contributed by atoms with E-state index in [0.29, 0.717) is 25.0 Å². The van der Waals surface area contributed by atoms with Gasteiger partial charge in [-0.15, -0.1) is 0 Å². The first-order chi connectivity index (χ1) is 9.17. The zero-order chi connectivity index (χ0) is 14.1. The van der Waals surface area contributed by atoms with Crippen LogP contribution in [0.2, 0.25) is 0 Å². The highest BCUT2D eigenvalue weighted by molar-refractivity contribution is 5.39. The van der Waals surface area contributed by atoms with Gasteiger partial charge in [-0.3, -0.25) is 0 Å². The van der Waals surface area contributed by atoms with E-state index in [1.54, 1.807) is 0 Å². The van der Waals surface area contributed by atoms with Crippen molar-refractivity contribution < 1.29 is 14.6 Å². The molecule has 0 aliphatic carbocycles. The minimum atomic E-state index is 0.231. The van der Waals surface area contributed by atoms with Crippen LogP contribution in [0.3, 0.4) is 0 Å². The fourth-order valence-electron chi connectivity index (χ4n) is 2.13. The summed E-state index contributed by atoms with van der Waals surface area (Å²) in [6.07, 6.45) is 1.90. The quantitative estimate of drug-likeness (QED) is 0.743. The van der Waals surface area contributed by atoms with Crippen LogP contribution < -0.4 is 9.47 Å². The highest BCUT2D eigenvalue weighted by atomic mass is 16.5. The summed E-state index contributed by atoms with van der Waals surface area (Å²) in [7, 11) is 0. The molecule has 1 aromatic rings. The fourth-order valence-corrected chi connectivity index (χ4v) is 2.13. The van der Waals surface area contributed by atoms with Crippen molar-refractivity contribution in [2.45, 2.75) is 33.6 Å². The van der Waals surface area contributed by atoms with E-state index in [4.69, 9.17) is 9.47 Å². The third-order valence-electron chi connectivity index (χ3n) is 3.00. The second kappa shape index (κ2) is 8.81. The van der Waals surface area contributed by atoms with Crippen LogP contribution in [-0.4, -0.2) is 24.9 Å². The van der Waals surface area contributed by atoms with Crippen LogP contribution in [0.25, 0.3) is 0 Å². The largest absolute Gasteiger partial charge is 0.490 e. The summed E-state index contributed by atoms with van der Waals surface area (Å²) in [5.41, 5.74) is 0. The van der Waals surface area contributed by atoms with Crippen molar-refractivity contribution in [3.63, 3.8) is 0 Å². The van der Waals surface area contributed by atoms with Crippen LogP contribution in [-0.2, 0) is 0 Å². The van der Waals surface area contributed by atoms with Gasteiger partial charge in [-0.1, -0.05) is 26.0 Å².